The molecule has 2 nitrogen and oxygen atoms in total. The van der Waals surface area contributed by atoms with Crippen molar-refractivity contribution in [3.63, 3.8) is 0 Å². The van der Waals surface area contributed by atoms with Gasteiger partial charge in [0.05, 0.1) is 0 Å². The number of nitrogens with one attached hydrogen (secondary N) is 1. The van der Waals surface area contributed by atoms with Crippen molar-refractivity contribution in [3.8, 4) is 0 Å². The van der Waals surface area contributed by atoms with Crippen molar-refractivity contribution in [2.75, 3.05) is 5.32 Å². The van der Waals surface area contributed by atoms with Crippen LogP contribution in [0.15, 0.2) is 48.5 Å². The number of ether oxygens (including phenoxy) is 1. The quantitative estimate of drug-likeness (QED) is 0.845. The van der Waals surface area contributed by atoms with Crippen LogP contribution in [0.25, 0.3) is 0 Å². The Kier molecular flexibility index (Phi) is 4.53. The summed E-state index contributed by atoms with van der Waals surface area (Å²) in [5.74, 6) is 0. The molecule has 0 heterocycles. The molecular formula is C16H17NOS. The lowest BCUT2D eigenvalue weighted by atomic mass is 10.2. The number of rotatable bonds is 3. The van der Waals surface area contributed by atoms with E-state index in [1.165, 1.54) is 11.1 Å². The molecule has 0 radical (unpaired) electrons. The van der Waals surface area contributed by atoms with Crippen LogP contribution in [0.1, 0.15) is 16.7 Å². The van der Waals surface area contributed by atoms with Crippen LogP contribution in [0.2, 0.25) is 0 Å². The van der Waals surface area contributed by atoms with Gasteiger partial charge in [-0.3, -0.25) is 0 Å². The van der Waals surface area contributed by atoms with Crippen LogP contribution >= 0.6 is 12.2 Å². The minimum atomic E-state index is 0.393. The summed E-state index contributed by atoms with van der Waals surface area (Å²) in [4.78, 5) is 0. The summed E-state index contributed by atoms with van der Waals surface area (Å²) in [6.45, 7) is 4.60. The zero-order valence-electron chi connectivity index (χ0n) is 11.1. The topological polar surface area (TPSA) is 21.3 Å². The average molecular weight is 271 g/mol. The van der Waals surface area contributed by atoms with Gasteiger partial charge in [0.25, 0.3) is 5.17 Å². The Labute approximate surface area is 119 Å². The molecule has 1 N–H and O–H groups in total. The van der Waals surface area contributed by atoms with Crippen molar-refractivity contribution in [1.29, 1.82) is 0 Å². The van der Waals surface area contributed by atoms with Crippen molar-refractivity contribution in [3.05, 3.63) is 65.2 Å². The molecule has 0 aliphatic heterocycles. The molecule has 19 heavy (non-hydrogen) atoms. The summed E-state index contributed by atoms with van der Waals surface area (Å²) < 4.78 is 5.52. The summed E-state index contributed by atoms with van der Waals surface area (Å²) in [5, 5.41) is 3.45. The van der Waals surface area contributed by atoms with Gasteiger partial charge in [0.2, 0.25) is 0 Å². The molecule has 0 amide bonds. The first-order chi connectivity index (χ1) is 9.13. The highest BCUT2D eigenvalue weighted by Gasteiger charge is 2.00. The summed E-state index contributed by atoms with van der Waals surface area (Å²) in [6, 6.07) is 16.3. The van der Waals surface area contributed by atoms with E-state index in [0.717, 1.165) is 11.3 Å². The van der Waals surface area contributed by atoms with Crippen LogP contribution in [0.4, 0.5) is 5.69 Å². The third-order valence-corrected chi connectivity index (χ3v) is 3.01. The number of benzene rings is 2. The molecule has 0 aliphatic rings. The first kappa shape index (κ1) is 13.6. The lowest BCUT2D eigenvalue weighted by Gasteiger charge is -2.10. The van der Waals surface area contributed by atoms with Crippen LogP contribution in [-0.2, 0) is 11.3 Å². The Morgan fingerprint density at radius 3 is 2.05 bits per heavy atom. The zero-order chi connectivity index (χ0) is 13.7. The molecule has 0 aliphatic carbocycles. The van der Waals surface area contributed by atoms with Crippen molar-refractivity contribution < 1.29 is 4.74 Å². The molecule has 0 bridgehead atoms. The highest BCUT2D eigenvalue weighted by atomic mass is 32.1. The Hall–Kier alpha value is -1.87. The van der Waals surface area contributed by atoms with Gasteiger partial charge < -0.3 is 10.1 Å². The number of thiocarbonyl (C=S) groups is 1. The van der Waals surface area contributed by atoms with Gasteiger partial charge in [0.1, 0.15) is 6.61 Å². The van der Waals surface area contributed by atoms with Crippen molar-refractivity contribution in [2.24, 2.45) is 0 Å². The number of aryl methyl sites for hydroxylation is 2. The van der Waals surface area contributed by atoms with Crippen LogP contribution in [-0.4, -0.2) is 5.17 Å². The Bertz CT molecular complexity index is 546. The fraction of sp³-hybridized carbons (Fsp3) is 0.188. The van der Waals surface area contributed by atoms with E-state index in [0.29, 0.717) is 11.8 Å². The third-order valence-electron chi connectivity index (χ3n) is 2.79. The molecule has 2 aromatic rings. The molecule has 0 fully saturated rings. The van der Waals surface area contributed by atoms with E-state index >= 15 is 0 Å². The maximum absolute atomic E-state index is 5.52. The van der Waals surface area contributed by atoms with E-state index in [4.69, 9.17) is 17.0 Å². The van der Waals surface area contributed by atoms with Gasteiger partial charge in [-0.1, -0.05) is 47.5 Å². The van der Waals surface area contributed by atoms with E-state index in [1.54, 1.807) is 0 Å². The van der Waals surface area contributed by atoms with Crippen molar-refractivity contribution in [1.82, 2.24) is 0 Å². The SMILES string of the molecule is Cc1ccc(COC(=S)Nc2ccc(C)cc2)cc1. The minimum Gasteiger partial charge on any atom is -0.466 e. The monoisotopic (exact) mass is 271 g/mol. The second-order valence-corrected chi connectivity index (χ2v) is 4.92. The van der Waals surface area contributed by atoms with E-state index < -0.39 is 0 Å². The molecule has 0 aromatic heterocycles. The molecule has 2 aromatic carbocycles. The second kappa shape index (κ2) is 6.34. The van der Waals surface area contributed by atoms with Crippen molar-refractivity contribution >= 4 is 23.1 Å². The lowest BCUT2D eigenvalue weighted by molar-refractivity contribution is 0.300. The Morgan fingerprint density at radius 2 is 1.47 bits per heavy atom. The molecule has 0 saturated carbocycles. The highest BCUT2D eigenvalue weighted by molar-refractivity contribution is 7.80. The molecular weight excluding hydrogens is 254 g/mol. The van der Waals surface area contributed by atoms with E-state index in [-0.39, 0.29) is 0 Å². The van der Waals surface area contributed by atoms with Crippen molar-refractivity contribution in [2.45, 2.75) is 20.5 Å². The smallest absolute Gasteiger partial charge is 0.261 e. The van der Waals surface area contributed by atoms with E-state index in [9.17, 15) is 0 Å². The van der Waals surface area contributed by atoms with Gasteiger partial charge in [-0.2, -0.15) is 0 Å². The van der Waals surface area contributed by atoms with Gasteiger partial charge in [-0.25, -0.2) is 0 Å². The summed E-state index contributed by atoms with van der Waals surface area (Å²) in [5.41, 5.74) is 4.51. The number of hydrogen-bond donors (Lipinski definition) is 1. The fourth-order valence-corrected chi connectivity index (χ4v) is 1.80. The van der Waals surface area contributed by atoms with E-state index in [2.05, 4.69) is 31.3 Å². The van der Waals surface area contributed by atoms with Crippen LogP contribution < -0.4 is 5.32 Å². The van der Waals surface area contributed by atoms with Crippen LogP contribution in [0, 0.1) is 13.8 Å². The first-order valence-electron chi connectivity index (χ1n) is 6.19. The van der Waals surface area contributed by atoms with Gasteiger partial charge in [-0.05, 0) is 43.8 Å². The van der Waals surface area contributed by atoms with Gasteiger partial charge in [0, 0.05) is 5.69 Å². The average Bonchev–Trinajstić information content (AvgIpc) is 2.41. The predicted molar refractivity (Wildman–Crippen MR) is 83.4 cm³/mol. The molecule has 2 rings (SSSR count). The molecule has 98 valence electrons. The number of anilines is 1. The van der Waals surface area contributed by atoms with Crippen LogP contribution in [0.5, 0.6) is 0 Å². The summed E-state index contributed by atoms with van der Waals surface area (Å²) >= 11 is 5.16. The van der Waals surface area contributed by atoms with Gasteiger partial charge in [0.15, 0.2) is 0 Å². The van der Waals surface area contributed by atoms with Crippen LogP contribution in [0.3, 0.4) is 0 Å². The standard InChI is InChI=1S/C16H17NOS/c1-12-3-7-14(8-4-12)11-18-16(19)17-15-9-5-13(2)6-10-15/h3-10H,11H2,1-2H3,(H,17,19). The largest absolute Gasteiger partial charge is 0.466 e. The first-order valence-corrected chi connectivity index (χ1v) is 6.60. The zero-order valence-corrected chi connectivity index (χ0v) is 12.0. The minimum absolute atomic E-state index is 0.393. The molecule has 3 heteroatoms. The maximum Gasteiger partial charge on any atom is 0.261 e. The molecule has 0 spiro atoms. The lowest BCUT2D eigenvalue weighted by Crippen LogP contribution is -2.13. The molecule has 0 atom stereocenters. The Balaban J connectivity index is 1.84. The van der Waals surface area contributed by atoms with E-state index in [1.807, 2.05) is 36.4 Å². The fourth-order valence-electron chi connectivity index (χ4n) is 1.62. The summed E-state index contributed by atoms with van der Waals surface area (Å²) in [7, 11) is 0. The predicted octanol–water partition coefficient (Wildman–Crippen LogP) is 4.22. The maximum atomic E-state index is 5.52. The van der Waals surface area contributed by atoms with Gasteiger partial charge in [-0.15, -0.1) is 0 Å². The number of hydrogen-bond acceptors (Lipinski definition) is 2. The Morgan fingerprint density at radius 1 is 0.947 bits per heavy atom. The molecule has 0 unspecified atom stereocenters. The molecule has 0 saturated heterocycles. The second-order valence-electron chi connectivity index (χ2n) is 4.55. The normalized spacial score (nSPS) is 10.0. The van der Waals surface area contributed by atoms with Gasteiger partial charge >= 0.3 is 0 Å². The highest BCUT2D eigenvalue weighted by Crippen LogP contribution is 2.10. The third kappa shape index (κ3) is 4.38. The summed E-state index contributed by atoms with van der Waals surface area (Å²) in [6.07, 6.45) is 0.